The number of furan rings is 1. The van der Waals surface area contributed by atoms with Crippen molar-refractivity contribution in [1.29, 1.82) is 0 Å². The summed E-state index contributed by atoms with van der Waals surface area (Å²) in [5.41, 5.74) is 0.449. The SMILES string of the molecule is COC(=O)c1cc(CN(C)Cc2nc(C)no2)oc1C. The lowest BCUT2D eigenvalue weighted by Gasteiger charge is -2.11. The van der Waals surface area contributed by atoms with Crippen LogP contribution < -0.4 is 0 Å². The summed E-state index contributed by atoms with van der Waals surface area (Å²) in [5, 5.41) is 3.73. The maximum absolute atomic E-state index is 11.5. The quantitative estimate of drug-likeness (QED) is 0.770. The Hall–Kier alpha value is -2.15. The third kappa shape index (κ3) is 3.24. The van der Waals surface area contributed by atoms with Crippen molar-refractivity contribution in [2.24, 2.45) is 0 Å². The molecular weight excluding hydrogens is 262 g/mol. The van der Waals surface area contributed by atoms with Crippen molar-refractivity contribution in [2.45, 2.75) is 26.9 Å². The monoisotopic (exact) mass is 279 g/mol. The number of hydrogen-bond donors (Lipinski definition) is 0. The zero-order chi connectivity index (χ0) is 14.7. The van der Waals surface area contributed by atoms with Crippen LogP contribution in [-0.4, -0.2) is 35.2 Å². The highest BCUT2D eigenvalue weighted by molar-refractivity contribution is 5.90. The molecule has 20 heavy (non-hydrogen) atoms. The lowest BCUT2D eigenvalue weighted by Crippen LogP contribution is -2.17. The molecule has 108 valence electrons. The second-order valence-corrected chi connectivity index (χ2v) is 4.58. The Morgan fingerprint density at radius 2 is 2.15 bits per heavy atom. The summed E-state index contributed by atoms with van der Waals surface area (Å²) in [6, 6.07) is 1.69. The van der Waals surface area contributed by atoms with Gasteiger partial charge in [-0.05, 0) is 27.0 Å². The lowest BCUT2D eigenvalue weighted by molar-refractivity contribution is 0.0599. The van der Waals surface area contributed by atoms with Gasteiger partial charge in [-0.1, -0.05) is 5.16 Å². The highest BCUT2D eigenvalue weighted by Crippen LogP contribution is 2.17. The van der Waals surface area contributed by atoms with Gasteiger partial charge in [-0.3, -0.25) is 4.90 Å². The van der Waals surface area contributed by atoms with Crippen LogP contribution in [0.2, 0.25) is 0 Å². The number of methoxy groups -OCH3 is 1. The van der Waals surface area contributed by atoms with Crippen LogP contribution in [0, 0.1) is 13.8 Å². The predicted octanol–water partition coefficient (Wildman–Crippen LogP) is 1.70. The first-order valence-electron chi connectivity index (χ1n) is 6.15. The van der Waals surface area contributed by atoms with E-state index in [4.69, 9.17) is 8.94 Å². The summed E-state index contributed by atoms with van der Waals surface area (Å²) in [5.74, 6) is 1.99. The van der Waals surface area contributed by atoms with Gasteiger partial charge in [0.15, 0.2) is 5.82 Å². The summed E-state index contributed by atoms with van der Waals surface area (Å²) in [7, 11) is 3.24. The summed E-state index contributed by atoms with van der Waals surface area (Å²) in [4.78, 5) is 17.6. The summed E-state index contributed by atoms with van der Waals surface area (Å²) < 4.78 is 15.3. The summed E-state index contributed by atoms with van der Waals surface area (Å²) in [6.07, 6.45) is 0. The Labute approximate surface area is 116 Å². The van der Waals surface area contributed by atoms with E-state index in [2.05, 4.69) is 14.9 Å². The molecule has 0 unspecified atom stereocenters. The molecule has 0 amide bonds. The Morgan fingerprint density at radius 1 is 1.40 bits per heavy atom. The molecule has 2 aromatic heterocycles. The molecule has 0 aliphatic heterocycles. The lowest BCUT2D eigenvalue weighted by atomic mass is 10.2. The number of aromatic nitrogens is 2. The first-order valence-corrected chi connectivity index (χ1v) is 6.15. The van der Waals surface area contributed by atoms with Gasteiger partial charge in [0, 0.05) is 0 Å². The molecule has 0 bridgehead atoms. The first kappa shape index (κ1) is 14.3. The van der Waals surface area contributed by atoms with Crippen LogP contribution >= 0.6 is 0 Å². The molecule has 2 heterocycles. The van der Waals surface area contributed by atoms with E-state index in [1.165, 1.54) is 7.11 Å². The van der Waals surface area contributed by atoms with Crippen LogP contribution in [0.1, 0.15) is 33.6 Å². The fourth-order valence-electron chi connectivity index (χ4n) is 1.89. The van der Waals surface area contributed by atoms with Crippen LogP contribution in [0.5, 0.6) is 0 Å². The van der Waals surface area contributed by atoms with Crippen LogP contribution in [0.25, 0.3) is 0 Å². The first-order chi connectivity index (χ1) is 9.49. The van der Waals surface area contributed by atoms with Crippen molar-refractivity contribution in [2.75, 3.05) is 14.2 Å². The molecule has 0 saturated carbocycles. The van der Waals surface area contributed by atoms with Crippen molar-refractivity contribution < 1.29 is 18.5 Å². The van der Waals surface area contributed by atoms with Crippen LogP contribution in [0.4, 0.5) is 0 Å². The third-order valence-corrected chi connectivity index (χ3v) is 2.77. The minimum absolute atomic E-state index is 0.396. The molecule has 7 nitrogen and oxygen atoms in total. The average Bonchev–Trinajstić information content (AvgIpc) is 2.94. The number of carbonyl (C=O) groups excluding carboxylic acids is 1. The number of hydrogen-bond acceptors (Lipinski definition) is 7. The highest BCUT2D eigenvalue weighted by atomic mass is 16.5. The molecule has 0 atom stereocenters. The minimum atomic E-state index is -0.396. The van der Waals surface area contributed by atoms with E-state index in [1.807, 2.05) is 11.9 Å². The molecule has 0 fully saturated rings. The molecule has 2 aromatic rings. The van der Waals surface area contributed by atoms with Crippen molar-refractivity contribution in [3.8, 4) is 0 Å². The van der Waals surface area contributed by atoms with Crippen molar-refractivity contribution in [3.05, 3.63) is 34.9 Å². The number of esters is 1. The molecule has 0 aliphatic carbocycles. The topological polar surface area (TPSA) is 81.6 Å². The summed E-state index contributed by atoms with van der Waals surface area (Å²) in [6.45, 7) is 4.54. The molecule has 0 radical (unpaired) electrons. The van der Waals surface area contributed by atoms with Gasteiger partial charge in [0.2, 0.25) is 5.89 Å². The van der Waals surface area contributed by atoms with Crippen LogP contribution in [0.3, 0.4) is 0 Å². The predicted molar refractivity (Wildman–Crippen MR) is 69.0 cm³/mol. The molecule has 7 heteroatoms. The minimum Gasteiger partial charge on any atom is -0.465 e. The Kier molecular flexibility index (Phi) is 4.19. The van der Waals surface area contributed by atoms with E-state index < -0.39 is 5.97 Å². The molecule has 0 N–H and O–H groups in total. The average molecular weight is 279 g/mol. The highest BCUT2D eigenvalue weighted by Gasteiger charge is 2.16. The fourth-order valence-corrected chi connectivity index (χ4v) is 1.89. The second kappa shape index (κ2) is 5.87. The maximum Gasteiger partial charge on any atom is 0.341 e. The van der Waals surface area contributed by atoms with E-state index in [1.54, 1.807) is 19.9 Å². The number of carbonyl (C=O) groups is 1. The maximum atomic E-state index is 11.5. The molecule has 0 saturated heterocycles. The van der Waals surface area contributed by atoms with Crippen molar-refractivity contribution in [1.82, 2.24) is 15.0 Å². The fraction of sp³-hybridized carbons (Fsp3) is 0.462. The smallest absolute Gasteiger partial charge is 0.341 e. The Balaban J connectivity index is 2.01. The van der Waals surface area contributed by atoms with Gasteiger partial charge in [0.05, 0.1) is 20.2 Å². The zero-order valence-corrected chi connectivity index (χ0v) is 12.0. The van der Waals surface area contributed by atoms with Gasteiger partial charge in [-0.15, -0.1) is 0 Å². The number of rotatable bonds is 5. The second-order valence-electron chi connectivity index (χ2n) is 4.58. The normalized spacial score (nSPS) is 11.1. The molecular formula is C13H17N3O4. The molecule has 0 aromatic carbocycles. The standard InChI is InChI=1S/C13H17N3O4/c1-8-11(13(17)18-4)5-10(19-8)6-16(3)7-12-14-9(2)15-20-12/h5H,6-7H2,1-4H3. The van der Waals surface area contributed by atoms with E-state index in [-0.39, 0.29) is 0 Å². The third-order valence-electron chi connectivity index (χ3n) is 2.77. The van der Waals surface area contributed by atoms with Crippen LogP contribution in [-0.2, 0) is 17.8 Å². The largest absolute Gasteiger partial charge is 0.465 e. The van der Waals surface area contributed by atoms with Gasteiger partial charge in [0.25, 0.3) is 0 Å². The number of aryl methyl sites for hydroxylation is 2. The van der Waals surface area contributed by atoms with Crippen molar-refractivity contribution in [3.63, 3.8) is 0 Å². The van der Waals surface area contributed by atoms with Gasteiger partial charge in [0.1, 0.15) is 17.1 Å². The molecule has 0 spiro atoms. The van der Waals surface area contributed by atoms with Gasteiger partial charge in [-0.2, -0.15) is 4.98 Å². The number of ether oxygens (including phenoxy) is 1. The van der Waals surface area contributed by atoms with E-state index in [0.717, 1.165) is 0 Å². The van der Waals surface area contributed by atoms with E-state index in [9.17, 15) is 4.79 Å². The van der Waals surface area contributed by atoms with Crippen molar-refractivity contribution >= 4 is 5.97 Å². The summed E-state index contributed by atoms with van der Waals surface area (Å²) >= 11 is 0. The molecule has 0 aliphatic rings. The van der Waals surface area contributed by atoms with Gasteiger partial charge < -0.3 is 13.7 Å². The zero-order valence-electron chi connectivity index (χ0n) is 12.0. The number of nitrogens with zero attached hydrogens (tertiary/aromatic N) is 3. The van der Waals surface area contributed by atoms with Gasteiger partial charge >= 0.3 is 5.97 Å². The molecule has 2 rings (SSSR count). The Morgan fingerprint density at radius 3 is 2.75 bits per heavy atom. The van der Waals surface area contributed by atoms with E-state index in [0.29, 0.717) is 41.9 Å². The Bertz CT molecular complexity index is 603. The van der Waals surface area contributed by atoms with E-state index >= 15 is 0 Å². The van der Waals surface area contributed by atoms with Gasteiger partial charge in [-0.25, -0.2) is 4.79 Å². The van der Waals surface area contributed by atoms with Crippen LogP contribution in [0.15, 0.2) is 15.0 Å².